The summed E-state index contributed by atoms with van der Waals surface area (Å²) in [6.07, 6.45) is 6.51. The van der Waals surface area contributed by atoms with E-state index >= 15 is 0 Å². The normalized spacial score (nSPS) is 17.4. The zero-order valence-corrected chi connectivity index (χ0v) is 12.3. The summed E-state index contributed by atoms with van der Waals surface area (Å²) in [6.45, 7) is 7.03. The highest BCUT2D eigenvalue weighted by Crippen LogP contribution is 2.22. The molecule has 0 saturated carbocycles. The molecule has 1 saturated heterocycles. The predicted octanol–water partition coefficient (Wildman–Crippen LogP) is 3.09. The first-order chi connectivity index (χ1) is 8.72. The maximum atomic E-state index is 12.4. The third-order valence-corrected chi connectivity index (χ3v) is 3.95. The smallest absolute Gasteiger partial charge is 0.225 e. The summed E-state index contributed by atoms with van der Waals surface area (Å²) < 4.78 is 5.20. The van der Waals surface area contributed by atoms with Gasteiger partial charge in [-0.1, -0.05) is 26.7 Å². The minimum Gasteiger partial charge on any atom is -0.384 e. The second-order valence-electron chi connectivity index (χ2n) is 5.50. The molecule has 0 aromatic carbocycles. The monoisotopic (exact) mass is 255 g/mol. The standard InChI is InChI=1S/C15H29NO2/c1-4-6-14(7-5-2)15(17)16-10-8-13(9-11-16)12-18-3/h13-14H,4-12H2,1-3H3. The summed E-state index contributed by atoms with van der Waals surface area (Å²) in [6, 6.07) is 0. The van der Waals surface area contributed by atoms with Crippen molar-refractivity contribution in [1.82, 2.24) is 4.90 Å². The number of likely N-dealkylation sites (tertiary alicyclic amines) is 1. The molecular formula is C15H29NO2. The van der Waals surface area contributed by atoms with Crippen LogP contribution in [0.15, 0.2) is 0 Å². The van der Waals surface area contributed by atoms with Crippen molar-refractivity contribution in [2.45, 2.75) is 52.4 Å². The Bertz CT molecular complexity index is 229. The first kappa shape index (κ1) is 15.5. The number of amides is 1. The lowest BCUT2D eigenvalue weighted by molar-refractivity contribution is -0.137. The number of hydrogen-bond acceptors (Lipinski definition) is 2. The maximum absolute atomic E-state index is 12.4. The largest absolute Gasteiger partial charge is 0.384 e. The molecule has 0 unspecified atom stereocenters. The van der Waals surface area contributed by atoms with Crippen LogP contribution in [0.2, 0.25) is 0 Å². The van der Waals surface area contributed by atoms with Crippen molar-refractivity contribution in [3.63, 3.8) is 0 Å². The van der Waals surface area contributed by atoms with Crippen molar-refractivity contribution in [2.75, 3.05) is 26.8 Å². The molecule has 106 valence electrons. The van der Waals surface area contributed by atoms with Gasteiger partial charge in [0.2, 0.25) is 5.91 Å². The van der Waals surface area contributed by atoms with Crippen molar-refractivity contribution in [3.05, 3.63) is 0 Å². The molecule has 1 rings (SSSR count). The molecule has 0 aromatic rings. The summed E-state index contributed by atoms with van der Waals surface area (Å²) in [5.41, 5.74) is 0. The zero-order chi connectivity index (χ0) is 13.4. The number of hydrogen-bond donors (Lipinski definition) is 0. The molecule has 1 fully saturated rings. The summed E-state index contributed by atoms with van der Waals surface area (Å²) in [5.74, 6) is 1.31. The minimum absolute atomic E-state index is 0.263. The third-order valence-electron chi connectivity index (χ3n) is 3.95. The van der Waals surface area contributed by atoms with E-state index in [4.69, 9.17) is 4.74 Å². The van der Waals surface area contributed by atoms with Crippen LogP contribution in [0.4, 0.5) is 0 Å². The van der Waals surface area contributed by atoms with Crippen LogP contribution in [-0.2, 0) is 9.53 Å². The number of nitrogens with zero attached hydrogens (tertiary/aromatic N) is 1. The quantitative estimate of drug-likeness (QED) is 0.699. The molecular weight excluding hydrogens is 226 g/mol. The van der Waals surface area contributed by atoms with Gasteiger partial charge in [0.15, 0.2) is 0 Å². The average Bonchev–Trinajstić information content (AvgIpc) is 2.39. The van der Waals surface area contributed by atoms with E-state index in [0.29, 0.717) is 11.8 Å². The molecule has 0 radical (unpaired) electrons. The summed E-state index contributed by atoms with van der Waals surface area (Å²) in [4.78, 5) is 14.5. The Morgan fingerprint density at radius 3 is 2.22 bits per heavy atom. The molecule has 1 heterocycles. The van der Waals surface area contributed by atoms with Crippen molar-refractivity contribution in [2.24, 2.45) is 11.8 Å². The van der Waals surface area contributed by atoms with E-state index in [1.165, 1.54) is 0 Å². The second kappa shape index (κ2) is 8.52. The topological polar surface area (TPSA) is 29.5 Å². The van der Waals surface area contributed by atoms with Crippen LogP contribution < -0.4 is 0 Å². The van der Waals surface area contributed by atoms with Crippen LogP contribution in [0.1, 0.15) is 52.4 Å². The van der Waals surface area contributed by atoms with Crippen molar-refractivity contribution in [1.29, 1.82) is 0 Å². The zero-order valence-electron chi connectivity index (χ0n) is 12.3. The number of methoxy groups -OCH3 is 1. The number of piperidine rings is 1. The van der Waals surface area contributed by atoms with Gasteiger partial charge < -0.3 is 9.64 Å². The number of carbonyl (C=O) groups is 1. The lowest BCUT2D eigenvalue weighted by Gasteiger charge is -2.34. The van der Waals surface area contributed by atoms with Crippen LogP contribution in [0.5, 0.6) is 0 Å². The lowest BCUT2D eigenvalue weighted by atomic mass is 9.93. The third kappa shape index (κ3) is 4.60. The molecule has 3 heteroatoms. The molecule has 18 heavy (non-hydrogen) atoms. The molecule has 1 aliphatic rings. The fourth-order valence-corrected chi connectivity index (χ4v) is 2.90. The highest BCUT2D eigenvalue weighted by Gasteiger charge is 2.27. The molecule has 0 atom stereocenters. The fourth-order valence-electron chi connectivity index (χ4n) is 2.90. The van der Waals surface area contributed by atoms with E-state index in [0.717, 1.165) is 58.2 Å². The molecule has 3 nitrogen and oxygen atoms in total. The van der Waals surface area contributed by atoms with Gasteiger partial charge in [0.25, 0.3) is 0 Å². The van der Waals surface area contributed by atoms with Gasteiger partial charge in [-0.15, -0.1) is 0 Å². The number of carbonyl (C=O) groups excluding carboxylic acids is 1. The van der Waals surface area contributed by atoms with Crippen LogP contribution in [0.3, 0.4) is 0 Å². The van der Waals surface area contributed by atoms with E-state index in [-0.39, 0.29) is 5.92 Å². The Labute approximate surface area is 112 Å². The fraction of sp³-hybridized carbons (Fsp3) is 0.933. The van der Waals surface area contributed by atoms with E-state index in [1.807, 2.05) is 0 Å². The summed E-state index contributed by atoms with van der Waals surface area (Å²) >= 11 is 0. The Balaban J connectivity index is 2.41. The van der Waals surface area contributed by atoms with E-state index in [1.54, 1.807) is 7.11 Å². The van der Waals surface area contributed by atoms with Gasteiger partial charge in [0.05, 0.1) is 0 Å². The second-order valence-corrected chi connectivity index (χ2v) is 5.50. The molecule has 0 bridgehead atoms. The van der Waals surface area contributed by atoms with Crippen LogP contribution in [0.25, 0.3) is 0 Å². The highest BCUT2D eigenvalue weighted by molar-refractivity contribution is 5.78. The Hall–Kier alpha value is -0.570. The van der Waals surface area contributed by atoms with E-state index in [2.05, 4.69) is 18.7 Å². The van der Waals surface area contributed by atoms with Gasteiger partial charge in [0, 0.05) is 32.7 Å². The van der Waals surface area contributed by atoms with Gasteiger partial charge in [-0.3, -0.25) is 4.79 Å². The Morgan fingerprint density at radius 1 is 1.22 bits per heavy atom. The van der Waals surface area contributed by atoms with Gasteiger partial charge >= 0.3 is 0 Å². The molecule has 1 aliphatic heterocycles. The van der Waals surface area contributed by atoms with Gasteiger partial charge in [0.1, 0.15) is 0 Å². The molecule has 0 spiro atoms. The molecule has 0 aromatic heterocycles. The van der Waals surface area contributed by atoms with Crippen molar-refractivity contribution in [3.8, 4) is 0 Å². The highest BCUT2D eigenvalue weighted by atomic mass is 16.5. The van der Waals surface area contributed by atoms with Crippen molar-refractivity contribution >= 4 is 5.91 Å². The number of ether oxygens (including phenoxy) is 1. The molecule has 1 amide bonds. The maximum Gasteiger partial charge on any atom is 0.225 e. The first-order valence-corrected chi connectivity index (χ1v) is 7.50. The Morgan fingerprint density at radius 2 is 1.78 bits per heavy atom. The van der Waals surface area contributed by atoms with Gasteiger partial charge in [-0.2, -0.15) is 0 Å². The van der Waals surface area contributed by atoms with Gasteiger partial charge in [-0.05, 0) is 31.6 Å². The van der Waals surface area contributed by atoms with Gasteiger partial charge in [-0.25, -0.2) is 0 Å². The lowest BCUT2D eigenvalue weighted by Crippen LogP contribution is -2.42. The van der Waals surface area contributed by atoms with Crippen LogP contribution in [0, 0.1) is 11.8 Å². The van der Waals surface area contributed by atoms with E-state index in [9.17, 15) is 4.79 Å². The van der Waals surface area contributed by atoms with Crippen LogP contribution in [-0.4, -0.2) is 37.6 Å². The summed E-state index contributed by atoms with van der Waals surface area (Å²) in [7, 11) is 1.76. The van der Waals surface area contributed by atoms with Crippen LogP contribution >= 0.6 is 0 Å². The average molecular weight is 255 g/mol. The SMILES string of the molecule is CCCC(CCC)C(=O)N1CCC(COC)CC1. The Kier molecular flexibility index (Phi) is 7.33. The molecule has 0 N–H and O–H groups in total. The van der Waals surface area contributed by atoms with E-state index < -0.39 is 0 Å². The summed E-state index contributed by atoms with van der Waals surface area (Å²) in [5, 5.41) is 0. The number of rotatable bonds is 7. The minimum atomic E-state index is 0.263. The van der Waals surface area contributed by atoms with Crippen molar-refractivity contribution < 1.29 is 9.53 Å². The first-order valence-electron chi connectivity index (χ1n) is 7.50. The predicted molar refractivity (Wildman–Crippen MR) is 74.5 cm³/mol. The molecule has 0 aliphatic carbocycles.